The molecule has 0 saturated carbocycles. The zero-order valence-corrected chi connectivity index (χ0v) is 15.7. The Morgan fingerprint density at radius 2 is 2.08 bits per heavy atom. The minimum Gasteiger partial charge on any atom is -0.493 e. The quantitative estimate of drug-likeness (QED) is 0.410. The molecule has 0 unspecified atom stereocenters. The van der Waals surface area contributed by atoms with Crippen LogP contribution in [0.4, 0.5) is 5.69 Å². The van der Waals surface area contributed by atoms with Crippen LogP contribution in [0.25, 0.3) is 6.08 Å². The zero-order valence-electron chi connectivity index (χ0n) is 14.2. The van der Waals surface area contributed by atoms with Gasteiger partial charge in [-0.05, 0) is 51.8 Å². The van der Waals surface area contributed by atoms with Crippen LogP contribution in [0.5, 0.6) is 11.5 Å². The van der Waals surface area contributed by atoms with Crippen molar-refractivity contribution in [3.8, 4) is 17.6 Å². The molecule has 0 bridgehead atoms. The lowest BCUT2D eigenvalue weighted by atomic mass is 10.1. The van der Waals surface area contributed by atoms with Gasteiger partial charge in [0, 0.05) is 4.47 Å². The summed E-state index contributed by atoms with van der Waals surface area (Å²) in [6.07, 6.45) is 3.12. The molecule has 0 aromatic heterocycles. The summed E-state index contributed by atoms with van der Waals surface area (Å²) < 4.78 is 11.5. The van der Waals surface area contributed by atoms with E-state index in [1.807, 2.05) is 12.1 Å². The van der Waals surface area contributed by atoms with E-state index in [1.165, 1.54) is 13.2 Å². The first-order valence-electron chi connectivity index (χ1n) is 7.68. The van der Waals surface area contributed by atoms with Gasteiger partial charge in [0.25, 0.3) is 5.91 Å². The second-order valence-electron chi connectivity index (χ2n) is 5.11. The third-order valence-electron chi connectivity index (χ3n) is 3.34. The minimum absolute atomic E-state index is 0.0254. The zero-order chi connectivity index (χ0) is 18.9. The Kier molecular flexibility index (Phi) is 7.01. The summed E-state index contributed by atoms with van der Waals surface area (Å²) in [6.45, 7) is 3.95. The van der Waals surface area contributed by atoms with Crippen LogP contribution in [0.3, 0.4) is 0 Å². The highest BCUT2D eigenvalue weighted by atomic mass is 79.9. The van der Waals surface area contributed by atoms with E-state index in [9.17, 15) is 10.1 Å². The normalized spacial score (nSPS) is 10.6. The number of nitriles is 1. The van der Waals surface area contributed by atoms with Gasteiger partial charge in [0.1, 0.15) is 18.2 Å². The molecule has 132 valence electrons. The number of amides is 1. The Morgan fingerprint density at radius 3 is 2.73 bits per heavy atom. The molecule has 2 aromatic carbocycles. The monoisotopic (exact) mass is 412 g/mol. The largest absolute Gasteiger partial charge is 0.493 e. The molecule has 0 heterocycles. The first-order valence-corrected chi connectivity index (χ1v) is 8.47. The van der Waals surface area contributed by atoms with Crippen molar-refractivity contribution in [1.82, 2.24) is 0 Å². The van der Waals surface area contributed by atoms with Crippen LogP contribution in [0.1, 0.15) is 5.56 Å². The van der Waals surface area contributed by atoms with Crippen molar-refractivity contribution < 1.29 is 14.3 Å². The number of nitrogens with zero attached hydrogens (tertiary/aromatic N) is 1. The Bertz CT molecular complexity index is 885. The maximum absolute atomic E-state index is 12.4. The topological polar surface area (TPSA) is 71.3 Å². The van der Waals surface area contributed by atoms with E-state index in [4.69, 9.17) is 9.47 Å². The highest BCUT2D eigenvalue weighted by molar-refractivity contribution is 9.10. The van der Waals surface area contributed by atoms with Gasteiger partial charge >= 0.3 is 0 Å². The molecule has 0 atom stereocenters. The predicted molar refractivity (Wildman–Crippen MR) is 105 cm³/mol. The van der Waals surface area contributed by atoms with Crippen molar-refractivity contribution in [2.75, 3.05) is 19.0 Å². The fraction of sp³-hybridized carbons (Fsp3) is 0.100. The Balaban J connectivity index is 2.25. The fourth-order valence-electron chi connectivity index (χ4n) is 2.11. The van der Waals surface area contributed by atoms with E-state index in [0.717, 1.165) is 4.47 Å². The van der Waals surface area contributed by atoms with Crippen LogP contribution >= 0.6 is 15.9 Å². The number of para-hydroxylation sites is 1. The number of anilines is 1. The maximum atomic E-state index is 12.4. The molecule has 0 fully saturated rings. The molecule has 2 aromatic rings. The van der Waals surface area contributed by atoms with Crippen LogP contribution in [-0.2, 0) is 4.79 Å². The Hall–Kier alpha value is -3.04. The van der Waals surface area contributed by atoms with Gasteiger partial charge in [-0.3, -0.25) is 4.79 Å². The average molecular weight is 413 g/mol. The molecule has 5 nitrogen and oxygen atoms in total. The number of carbonyl (C=O) groups excluding carboxylic acids is 1. The van der Waals surface area contributed by atoms with Crippen LogP contribution in [-0.4, -0.2) is 19.6 Å². The lowest BCUT2D eigenvalue weighted by Crippen LogP contribution is -2.13. The molecule has 1 N–H and O–H groups in total. The van der Waals surface area contributed by atoms with Gasteiger partial charge in [-0.1, -0.05) is 30.9 Å². The smallest absolute Gasteiger partial charge is 0.266 e. The Morgan fingerprint density at radius 1 is 1.31 bits per heavy atom. The van der Waals surface area contributed by atoms with E-state index in [1.54, 1.807) is 42.5 Å². The first kappa shape index (κ1) is 19.3. The molecule has 2 rings (SSSR count). The van der Waals surface area contributed by atoms with Crippen molar-refractivity contribution in [1.29, 1.82) is 5.26 Å². The number of hydrogen-bond donors (Lipinski definition) is 1. The lowest BCUT2D eigenvalue weighted by Gasteiger charge is -2.10. The number of nitrogens with one attached hydrogen (secondary N) is 1. The van der Waals surface area contributed by atoms with Gasteiger partial charge in [0.05, 0.1) is 12.8 Å². The molecular formula is C20H17BrN2O3. The lowest BCUT2D eigenvalue weighted by molar-refractivity contribution is -0.112. The number of hydrogen-bond acceptors (Lipinski definition) is 4. The molecule has 0 aliphatic rings. The van der Waals surface area contributed by atoms with Gasteiger partial charge in [-0.25, -0.2) is 0 Å². The molecule has 0 aliphatic heterocycles. The second-order valence-corrected chi connectivity index (χ2v) is 5.97. The van der Waals surface area contributed by atoms with E-state index < -0.39 is 5.91 Å². The van der Waals surface area contributed by atoms with E-state index >= 15 is 0 Å². The average Bonchev–Trinajstić information content (AvgIpc) is 2.66. The standard InChI is InChI=1S/C20H17BrN2O3/c1-3-10-26-18-9-8-14(12-19(18)25-2)11-15(13-22)20(24)23-17-7-5-4-6-16(17)21/h3-9,11-12H,1,10H2,2H3,(H,23,24)/b15-11+. The molecule has 1 amide bonds. The third-order valence-corrected chi connectivity index (χ3v) is 4.03. The summed E-state index contributed by atoms with van der Waals surface area (Å²) in [5.41, 5.74) is 1.21. The Labute approximate surface area is 160 Å². The first-order chi connectivity index (χ1) is 12.6. The fourth-order valence-corrected chi connectivity index (χ4v) is 2.49. The molecule has 26 heavy (non-hydrogen) atoms. The molecule has 0 aliphatic carbocycles. The van der Waals surface area contributed by atoms with Gasteiger partial charge < -0.3 is 14.8 Å². The van der Waals surface area contributed by atoms with Crippen molar-refractivity contribution in [3.63, 3.8) is 0 Å². The third kappa shape index (κ3) is 4.98. The van der Waals surface area contributed by atoms with E-state index in [-0.39, 0.29) is 5.57 Å². The van der Waals surface area contributed by atoms with Crippen LogP contribution in [0.2, 0.25) is 0 Å². The SMILES string of the molecule is C=CCOc1ccc(/C=C(\C#N)C(=O)Nc2ccccc2Br)cc1OC. The number of halogens is 1. The summed E-state index contributed by atoms with van der Waals surface area (Å²) in [4.78, 5) is 12.4. The van der Waals surface area contributed by atoms with Gasteiger partial charge in [-0.15, -0.1) is 0 Å². The van der Waals surface area contributed by atoms with Crippen molar-refractivity contribution in [2.45, 2.75) is 0 Å². The number of carbonyl (C=O) groups is 1. The summed E-state index contributed by atoms with van der Waals surface area (Å²) in [6, 6.07) is 14.3. The molecule has 6 heteroatoms. The second kappa shape index (κ2) is 9.44. The molecule has 0 spiro atoms. The highest BCUT2D eigenvalue weighted by Gasteiger charge is 2.12. The van der Waals surface area contributed by atoms with E-state index in [2.05, 4.69) is 27.8 Å². The van der Waals surface area contributed by atoms with Gasteiger partial charge in [-0.2, -0.15) is 5.26 Å². The summed E-state index contributed by atoms with van der Waals surface area (Å²) in [7, 11) is 1.52. The summed E-state index contributed by atoms with van der Waals surface area (Å²) in [5, 5.41) is 12.1. The predicted octanol–water partition coefficient (Wildman–Crippen LogP) is 4.57. The maximum Gasteiger partial charge on any atom is 0.266 e. The van der Waals surface area contributed by atoms with Crippen LogP contribution in [0.15, 0.2) is 65.2 Å². The molecular weight excluding hydrogens is 396 g/mol. The van der Waals surface area contributed by atoms with Crippen LogP contribution in [0, 0.1) is 11.3 Å². The summed E-state index contributed by atoms with van der Waals surface area (Å²) >= 11 is 3.36. The number of benzene rings is 2. The van der Waals surface area contributed by atoms with Crippen molar-refractivity contribution in [2.24, 2.45) is 0 Å². The molecule has 0 radical (unpaired) electrons. The summed E-state index contributed by atoms with van der Waals surface area (Å²) in [5.74, 6) is 0.565. The number of ether oxygens (including phenoxy) is 2. The van der Waals surface area contributed by atoms with E-state index in [0.29, 0.717) is 29.4 Å². The van der Waals surface area contributed by atoms with Crippen molar-refractivity contribution in [3.05, 3.63) is 70.7 Å². The number of methoxy groups -OCH3 is 1. The number of rotatable bonds is 7. The van der Waals surface area contributed by atoms with Gasteiger partial charge in [0.15, 0.2) is 11.5 Å². The molecule has 0 saturated heterocycles. The van der Waals surface area contributed by atoms with Gasteiger partial charge in [0.2, 0.25) is 0 Å². The van der Waals surface area contributed by atoms with Crippen molar-refractivity contribution >= 4 is 33.6 Å². The highest BCUT2D eigenvalue weighted by Crippen LogP contribution is 2.29. The van der Waals surface area contributed by atoms with Crippen LogP contribution < -0.4 is 14.8 Å². The minimum atomic E-state index is -0.495.